The van der Waals surface area contributed by atoms with Gasteiger partial charge >= 0.3 is 0 Å². The normalized spacial score (nSPS) is 11.2. The van der Waals surface area contributed by atoms with Gasteiger partial charge in [-0.05, 0) is 43.7 Å². The van der Waals surface area contributed by atoms with E-state index in [1.54, 1.807) is 14.2 Å². The first-order chi connectivity index (χ1) is 15.5. The molecule has 0 fully saturated rings. The number of aryl methyl sites for hydroxylation is 1. The van der Waals surface area contributed by atoms with E-state index in [2.05, 4.69) is 20.8 Å². The predicted octanol–water partition coefficient (Wildman–Crippen LogP) is 3.30. The van der Waals surface area contributed by atoms with Gasteiger partial charge in [-0.1, -0.05) is 12.1 Å². The molecule has 0 saturated carbocycles. The van der Waals surface area contributed by atoms with Crippen LogP contribution in [-0.2, 0) is 20.1 Å². The number of hydrogen-bond donors (Lipinski definition) is 2. The molecular formula is C23H30N6O3. The highest BCUT2D eigenvalue weighted by molar-refractivity contribution is 5.93. The van der Waals surface area contributed by atoms with Gasteiger partial charge in [0.1, 0.15) is 11.6 Å². The Bertz CT molecular complexity index is 1050. The number of anilines is 1. The molecule has 0 aliphatic rings. The number of aliphatic imine (C=N–C) groups is 1. The number of nitrogens with one attached hydrogen (secondary N) is 2. The Labute approximate surface area is 188 Å². The van der Waals surface area contributed by atoms with Crippen molar-refractivity contribution in [2.75, 3.05) is 26.1 Å². The molecule has 3 aromatic rings. The molecular weight excluding hydrogens is 408 g/mol. The maximum absolute atomic E-state index is 5.61. The van der Waals surface area contributed by atoms with Crippen LogP contribution in [0.2, 0.25) is 0 Å². The minimum absolute atomic E-state index is 0.472. The number of nitrogens with zero attached hydrogens (tertiary/aromatic N) is 4. The highest BCUT2D eigenvalue weighted by Gasteiger charge is 2.09. The van der Waals surface area contributed by atoms with Crippen LogP contribution in [0.1, 0.15) is 24.1 Å². The molecule has 0 spiro atoms. The Balaban J connectivity index is 1.79. The fourth-order valence-electron chi connectivity index (χ4n) is 2.97. The van der Waals surface area contributed by atoms with Crippen molar-refractivity contribution in [1.29, 1.82) is 0 Å². The third kappa shape index (κ3) is 5.90. The molecule has 0 atom stereocenters. The molecule has 0 radical (unpaired) electrons. The molecule has 9 heteroatoms. The zero-order valence-electron chi connectivity index (χ0n) is 19.2. The summed E-state index contributed by atoms with van der Waals surface area (Å²) in [7, 11) is 5.21. The number of methoxy groups -OCH3 is 2. The SMILES string of the molecule is CCOc1ccc(NC(=NCc2ccc(OC)cc2)NCc2nnc(C)n2C)cc1OC. The third-order valence-electron chi connectivity index (χ3n) is 4.90. The Kier molecular flexibility index (Phi) is 7.91. The van der Waals surface area contributed by atoms with Gasteiger partial charge in [-0.3, -0.25) is 0 Å². The summed E-state index contributed by atoms with van der Waals surface area (Å²) in [6, 6.07) is 13.5. The molecule has 170 valence electrons. The van der Waals surface area contributed by atoms with E-state index in [-0.39, 0.29) is 0 Å². The van der Waals surface area contributed by atoms with Crippen molar-refractivity contribution in [2.24, 2.45) is 12.0 Å². The fraction of sp³-hybridized carbons (Fsp3) is 0.348. The van der Waals surface area contributed by atoms with Gasteiger partial charge < -0.3 is 29.4 Å². The minimum Gasteiger partial charge on any atom is -0.497 e. The van der Waals surface area contributed by atoms with Crippen LogP contribution in [0.5, 0.6) is 17.2 Å². The maximum Gasteiger partial charge on any atom is 0.196 e. The van der Waals surface area contributed by atoms with Gasteiger partial charge in [0.2, 0.25) is 0 Å². The second-order valence-electron chi connectivity index (χ2n) is 7.01. The van der Waals surface area contributed by atoms with Crippen molar-refractivity contribution in [3.05, 3.63) is 59.7 Å². The number of ether oxygens (including phenoxy) is 3. The van der Waals surface area contributed by atoms with E-state index < -0.39 is 0 Å². The predicted molar refractivity (Wildman–Crippen MR) is 124 cm³/mol. The molecule has 0 unspecified atom stereocenters. The summed E-state index contributed by atoms with van der Waals surface area (Å²) in [5.41, 5.74) is 1.88. The smallest absolute Gasteiger partial charge is 0.196 e. The van der Waals surface area contributed by atoms with Crippen LogP contribution in [0.25, 0.3) is 0 Å². The topological polar surface area (TPSA) is 94.8 Å². The van der Waals surface area contributed by atoms with E-state index in [1.807, 2.05) is 67.9 Å². The summed E-state index contributed by atoms with van der Waals surface area (Å²) < 4.78 is 18.2. The molecule has 1 heterocycles. The van der Waals surface area contributed by atoms with Crippen molar-refractivity contribution in [3.63, 3.8) is 0 Å². The second kappa shape index (κ2) is 11.0. The first-order valence-corrected chi connectivity index (χ1v) is 10.4. The van der Waals surface area contributed by atoms with Crippen molar-refractivity contribution in [3.8, 4) is 17.2 Å². The molecule has 9 nitrogen and oxygen atoms in total. The molecule has 0 amide bonds. The van der Waals surface area contributed by atoms with E-state index in [1.165, 1.54) is 0 Å². The molecule has 0 aliphatic heterocycles. The minimum atomic E-state index is 0.472. The lowest BCUT2D eigenvalue weighted by molar-refractivity contribution is 0.311. The molecule has 0 aliphatic carbocycles. The fourth-order valence-corrected chi connectivity index (χ4v) is 2.97. The average molecular weight is 439 g/mol. The largest absolute Gasteiger partial charge is 0.497 e. The Hall–Kier alpha value is -3.75. The van der Waals surface area contributed by atoms with Crippen LogP contribution in [0.15, 0.2) is 47.5 Å². The monoisotopic (exact) mass is 438 g/mol. The third-order valence-corrected chi connectivity index (χ3v) is 4.90. The molecule has 0 bridgehead atoms. The zero-order valence-corrected chi connectivity index (χ0v) is 19.2. The van der Waals surface area contributed by atoms with Gasteiger partial charge in [-0.15, -0.1) is 10.2 Å². The Morgan fingerprint density at radius 3 is 2.44 bits per heavy atom. The molecule has 1 aromatic heterocycles. The summed E-state index contributed by atoms with van der Waals surface area (Å²) >= 11 is 0. The maximum atomic E-state index is 5.61. The lowest BCUT2D eigenvalue weighted by atomic mass is 10.2. The van der Waals surface area contributed by atoms with Crippen LogP contribution in [0.4, 0.5) is 5.69 Å². The molecule has 3 rings (SSSR count). The number of hydrogen-bond acceptors (Lipinski definition) is 6. The lowest BCUT2D eigenvalue weighted by Crippen LogP contribution is -2.31. The van der Waals surface area contributed by atoms with Gasteiger partial charge in [0.15, 0.2) is 23.3 Å². The summed E-state index contributed by atoms with van der Waals surface area (Å²) in [6.45, 7) is 5.38. The quantitative estimate of drug-likeness (QED) is 0.391. The molecule has 0 saturated heterocycles. The van der Waals surface area contributed by atoms with Crippen LogP contribution in [0, 0.1) is 6.92 Å². The summed E-state index contributed by atoms with van der Waals surface area (Å²) in [5, 5.41) is 15.0. The molecule has 2 N–H and O–H groups in total. The average Bonchev–Trinajstić information content (AvgIpc) is 3.14. The molecule has 2 aromatic carbocycles. The summed E-state index contributed by atoms with van der Waals surface area (Å²) in [5.74, 6) is 4.42. The first-order valence-electron chi connectivity index (χ1n) is 10.4. The number of guanidine groups is 1. The van der Waals surface area contributed by atoms with E-state index >= 15 is 0 Å². The van der Waals surface area contributed by atoms with Crippen LogP contribution < -0.4 is 24.8 Å². The lowest BCUT2D eigenvalue weighted by Gasteiger charge is -2.15. The van der Waals surface area contributed by atoms with Gasteiger partial charge in [0, 0.05) is 18.8 Å². The zero-order chi connectivity index (χ0) is 22.9. The van der Waals surface area contributed by atoms with Crippen LogP contribution in [-0.4, -0.2) is 41.6 Å². The second-order valence-corrected chi connectivity index (χ2v) is 7.01. The van der Waals surface area contributed by atoms with Crippen molar-refractivity contribution < 1.29 is 14.2 Å². The number of rotatable bonds is 9. The van der Waals surface area contributed by atoms with Crippen molar-refractivity contribution in [1.82, 2.24) is 20.1 Å². The van der Waals surface area contributed by atoms with Crippen LogP contribution >= 0.6 is 0 Å². The highest BCUT2D eigenvalue weighted by atomic mass is 16.5. The van der Waals surface area contributed by atoms with Crippen molar-refractivity contribution >= 4 is 11.6 Å². The van der Waals surface area contributed by atoms with E-state index in [0.717, 1.165) is 28.6 Å². The standard InChI is InChI=1S/C23H30N6O3/c1-6-32-20-12-9-18(13-21(20)31-5)26-23(25-15-22-28-27-16(2)29(22)3)24-14-17-7-10-19(30-4)11-8-17/h7-13H,6,14-15H2,1-5H3,(H2,24,25,26). The highest BCUT2D eigenvalue weighted by Crippen LogP contribution is 2.30. The van der Waals surface area contributed by atoms with E-state index in [4.69, 9.17) is 19.2 Å². The van der Waals surface area contributed by atoms with Crippen molar-refractivity contribution in [2.45, 2.75) is 26.9 Å². The Morgan fingerprint density at radius 1 is 1.03 bits per heavy atom. The summed E-state index contributed by atoms with van der Waals surface area (Å²) in [4.78, 5) is 4.73. The van der Waals surface area contributed by atoms with Gasteiger partial charge in [-0.2, -0.15) is 0 Å². The van der Waals surface area contributed by atoms with E-state index in [0.29, 0.717) is 37.2 Å². The molecule has 32 heavy (non-hydrogen) atoms. The van der Waals surface area contributed by atoms with Gasteiger partial charge in [0.05, 0.1) is 33.9 Å². The van der Waals surface area contributed by atoms with Gasteiger partial charge in [-0.25, -0.2) is 4.99 Å². The van der Waals surface area contributed by atoms with E-state index in [9.17, 15) is 0 Å². The Morgan fingerprint density at radius 2 is 1.81 bits per heavy atom. The number of aromatic nitrogens is 3. The first kappa shape index (κ1) is 22.9. The van der Waals surface area contributed by atoms with Gasteiger partial charge in [0.25, 0.3) is 0 Å². The van der Waals surface area contributed by atoms with Crippen LogP contribution in [0.3, 0.4) is 0 Å². The number of benzene rings is 2. The summed E-state index contributed by atoms with van der Waals surface area (Å²) in [6.07, 6.45) is 0.